The molecule has 3 aromatic rings. The van der Waals surface area contributed by atoms with Crippen molar-refractivity contribution < 1.29 is 18.3 Å². The molecule has 200 valence electrons. The van der Waals surface area contributed by atoms with Crippen LogP contribution >= 0.6 is 11.8 Å². The molecule has 0 unspecified atom stereocenters. The van der Waals surface area contributed by atoms with E-state index in [-0.39, 0.29) is 23.2 Å². The molecule has 1 aromatic carbocycles. The van der Waals surface area contributed by atoms with Gasteiger partial charge in [0.05, 0.1) is 11.7 Å². The summed E-state index contributed by atoms with van der Waals surface area (Å²) in [5, 5.41) is 3.27. The first-order chi connectivity index (χ1) is 18.7. The quantitative estimate of drug-likeness (QED) is 0.324. The van der Waals surface area contributed by atoms with Crippen LogP contribution in [0, 0.1) is 24.1 Å². The number of anilines is 2. The number of amidine groups is 1. The minimum Gasteiger partial charge on any atom is -0.479 e. The predicted molar refractivity (Wildman–Crippen MR) is 147 cm³/mol. The minimum absolute atomic E-state index is 0.0637. The van der Waals surface area contributed by atoms with Crippen LogP contribution in [-0.2, 0) is 10.3 Å². The first-order valence-electron chi connectivity index (χ1n) is 12.0. The van der Waals surface area contributed by atoms with E-state index in [4.69, 9.17) is 16.9 Å². The summed E-state index contributed by atoms with van der Waals surface area (Å²) >= 11 is 1.27. The number of fused-ring (bicyclic) bond motifs is 2. The van der Waals surface area contributed by atoms with Crippen LogP contribution in [0.3, 0.4) is 0 Å². The molecule has 12 heteroatoms. The Morgan fingerprint density at radius 2 is 2.18 bits per heavy atom. The van der Waals surface area contributed by atoms with Crippen molar-refractivity contribution in [2.75, 3.05) is 32.7 Å². The molecule has 0 saturated heterocycles. The number of amides is 1. The Morgan fingerprint density at radius 1 is 1.36 bits per heavy atom. The lowest BCUT2D eigenvalue weighted by Gasteiger charge is -2.34. The second kappa shape index (κ2) is 10.1. The van der Waals surface area contributed by atoms with Crippen molar-refractivity contribution in [3.63, 3.8) is 0 Å². The van der Waals surface area contributed by atoms with Gasteiger partial charge in [-0.05, 0) is 24.6 Å². The highest BCUT2D eigenvalue weighted by Gasteiger charge is 2.67. The summed E-state index contributed by atoms with van der Waals surface area (Å²) in [4.78, 5) is 30.9. The average molecular weight is 550 g/mol. The molecular weight excluding hydrogens is 524 g/mol. The summed E-state index contributed by atoms with van der Waals surface area (Å²) in [6, 6.07) is 5.96. The SMILES string of the molecule is C#CCOc1cnc2c(Nc3ccc(F)c([C@@]4(CF)N=C(N)S[C@@]5(C=CC(=O)N(C)C)C[C@H]54)c3)ncnc2c1. The van der Waals surface area contributed by atoms with Gasteiger partial charge in [-0.1, -0.05) is 23.8 Å². The number of hydrogen-bond donors (Lipinski definition) is 2. The summed E-state index contributed by atoms with van der Waals surface area (Å²) < 4.78 is 35.0. The second-order valence-corrected chi connectivity index (χ2v) is 10.8. The summed E-state index contributed by atoms with van der Waals surface area (Å²) in [5.74, 6) is 1.99. The van der Waals surface area contributed by atoms with Gasteiger partial charge in [0.1, 0.15) is 42.2 Å². The lowest BCUT2D eigenvalue weighted by atomic mass is 9.84. The number of carbonyl (C=O) groups is 1. The number of terminal acetylenes is 1. The van der Waals surface area contributed by atoms with Crippen molar-refractivity contribution in [1.29, 1.82) is 0 Å². The van der Waals surface area contributed by atoms with E-state index in [0.29, 0.717) is 34.7 Å². The number of halogens is 2. The van der Waals surface area contributed by atoms with E-state index < -0.39 is 28.7 Å². The van der Waals surface area contributed by atoms with E-state index in [9.17, 15) is 9.18 Å². The van der Waals surface area contributed by atoms with Gasteiger partial charge in [0.15, 0.2) is 11.0 Å². The van der Waals surface area contributed by atoms with Crippen LogP contribution in [0.2, 0.25) is 0 Å². The molecule has 1 aliphatic heterocycles. The third-order valence-electron chi connectivity index (χ3n) is 6.75. The van der Waals surface area contributed by atoms with Crippen LogP contribution < -0.4 is 15.8 Å². The zero-order valence-electron chi connectivity index (χ0n) is 21.2. The number of nitrogens with one attached hydrogen (secondary N) is 1. The van der Waals surface area contributed by atoms with E-state index in [1.807, 2.05) is 0 Å². The normalized spacial score (nSPS) is 23.6. The third-order valence-corrected chi connectivity index (χ3v) is 8.02. The summed E-state index contributed by atoms with van der Waals surface area (Å²) in [6.45, 7) is -0.872. The van der Waals surface area contributed by atoms with Gasteiger partial charge in [0, 0.05) is 48.2 Å². The molecule has 1 aliphatic carbocycles. The highest BCUT2D eigenvalue weighted by molar-refractivity contribution is 8.15. The van der Waals surface area contributed by atoms with Crippen LogP contribution in [0.15, 0.2) is 53.9 Å². The molecule has 0 spiro atoms. The number of hydrogen-bond acceptors (Lipinski definition) is 9. The monoisotopic (exact) mass is 549 g/mol. The van der Waals surface area contributed by atoms with Crippen molar-refractivity contribution in [1.82, 2.24) is 19.9 Å². The molecule has 39 heavy (non-hydrogen) atoms. The lowest BCUT2D eigenvalue weighted by Crippen LogP contribution is -2.39. The zero-order valence-corrected chi connectivity index (χ0v) is 22.0. The van der Waals surface area contributed by atoms with Crippen molar-refractivity contribution in [2.45, 2.75) is 16.7 Å². The number of benzene rings is 1. The number of thioether (sulfide) groups is 1. The lowest BCUT2D eigenvalue weighted by molar-refractivity contribution is -0.123. The van der Waals surface area contributed by atoms with Gasteiger partial charge in [-0.15, -0.1) is 6.42 Å². The van der Waals surface area contributed by atoms with E-state index >= 15 is 4.39 Å². The molecule has 1 fully saturated rings. The van der Waals surface area contributed by atoms with E-state index in [1.54, 1.807) is 26.2 Å². The van der Waals surface area contributed by atoms with Gasteiger partial charge in [-0.2, -0.15) is 0 Å². The number of carbonyl (C=O) groups excluding carboxylic acids is 1. The molecule has 0 radical (unpaired) electrons. The largest absolute Gasteiger partial charge is 0.479 e. The standard InChI is InChI=1S/C27H25F2N7O2S/c1-4-9-38-17-11-20-23(31-13-17)24(33-15-32-20)34-16-5-6-19(29)18(10-16)27(14-28)21-12-26(21,39-25(30)35-27)8-7-22(37)36(2)3/h1,5-8,10-11,13,15,21H,9,12,14H2,2-3H3,(H2,30,35)(H,32,33,34)/t21-,26+,27-/m1/s1. The van der Waals surface area contributed by atoms with Gasteiger partial charge >= 0.3 is 0 Å². The number of aliphatic imine (C=N–C) groups is 1. The molecular formula is C27H25F2N7O2S. The van der Waals surface area contributed by atoms with Crippen molar-refractivity contribution in [3.8, 4) is 18.1 Å². The second-order valence-electron chi connectivity index (χ2n) is 9.46. The zero-order chi connectivity index (χ0) is 27.8. The Labute approximate surface area is 228 Å². The van der Waals surface area contributed by atoms with Crippen LogP contribution in [0.5, 0.6) is 5.75 Å². The van der Waals surface area contributed by atoms with E-state index in [2.05, 4.69) is 31.2 Å². The summed E-state index contributed by atoms with van der Waals surface area (Å²) in [7, 11) is 3.28. The van der Waals surface area contributed by atoms with Crippen molar-refractivity contribution in [3.05, 3.63) is 60.3 Å². The molecule has 1 saturated carbocycles. The number of nitrogens with two attached hydrogens (primary N) is 1. The number of aromatic nitrogens is 3. The van der Waals surface area contributed by atoms with Gasteiger partial charge in [-0.25, -0.2) is 28.7 Å². The third kappa shape index (κ3) is 4.85. The fourth-order valence-corrected chi connectivity index (χ4v) is 6.07. The molecule has 5 rings (SSSR count). The van der Waals surface area contributed by atoms with Gasteiger partial charge in [-0.3, -0.25) is 4.79 Å². The summed E-state index contributed by atoms with van der Waals surface area (Å²) in [5.41, 5.74) is 6.07. The molecule has 1 amide bonds. The first-order valence-corrected chi connectivity index (χ1v) is 12.8. The predicted octanol–water partition coefficient (Wildman–Crippen LogP) is 3.55. The van der Waals surface area contributed by atoms with E-state index in [1.165, 1.54) is 53.5 Å². The topological polar surface area (TPSA) is 119 Å². The molecule has 3 N–H and O–H groups in total. The highest BCUT2D eigenvalue weighted by atomic mass is 32.2. The van der Waals surface area contributed by atoms with Gasteiger partial charge in [0.2, 0.25) is 5.91 Å². The van der Waals surface area contributed by atoms with Crippen molar-refractivity contribution >= 4 is 45.4 Å². The number of rotatable bonds is 8. The van der Waals surface area contributed by atoms with E-state index in [0.717, 1.165) is 0 Å². The smallest absolute Gasteiger partial charge is 0.245 e. The molecule has 0 bridgehead atoms. The maximum Gasteiger partial charge on any atom is 0.245 e. The number of alkyl halides is 1. The Kier molecular flexibility index (Phi) is 6.86. The molecule has 9 nitrogen and oxygen atoms in total. The first kappa shape index (κ1) is 26.4. The molecule has 3 heterocycles. The Bertz CT molecular complexity index is 1560. The van der Waals surface area contributed by atoms with Crippen LogP contribution in [0.4, 0.5) is 20.3 Å². The van der Waals surface area contributed by atoms with Gasteiger partial charge in [0.25, 0.3) is 0 Å². The fraction of sp³-hybridized carbons (Fsp3) is 0.296. The molecule has 2 aliphatic rings. The van der Waals surface area contributed by atoms with Crippen molar-refractivity contribution in [2.24, 2.45) is 16.6 Å². The Balaban J connectivity index is 1.49. The minimum atomic E-state index is -1.54. The highest BCUT2D eigenvalue weighted by Crippen LogP contribution is 2.67. The Hall–Kier alpha value is -4.24. The van der Waals surface area contributed by atoms with Crippen LogP contribution in [-0.4, -0.2) is 63.1 Å². The van der Waals surface area contributed by atoms with Crippen LogP contribution in [0.25, 0.3) is 11.0 Å². The Morgan fingerprint density at radius 3 is 2.92 bits per heavy atom. The maximum absolute atomic E-state index is 15.3. The fourth-order valence-electron chi connectivity index (χ4n) is 4.75. The average Bonchev–Trinajstić information content (AvgIpc) is 3.66. The molecule has 3 atom stereocenters. The molecule has 2 aromatic heterocycles. The number of ether oxygens (including phenoxy) is 1. The number of nitrogens with zero attached hydrogens (tertiary/aromatic N) is 5. The summed E-state index contributed by atoms with van der Waals surface area (Å²) in [6.07, 6.45) is 11.8. The number of likely N-dealkylation sites (N-methyl/N-ethyl adjacent to an activating group) is 1. The maximum atomic E-state index is 15.3. The van der Waals surface area contributed by atoms with Gasteiger partial charge < -0.3 is 20.7 Å². The van der Waals surface area contributed by atoms with Crippen LogP contribution in [0.1, 0.15) is 12.0 Å². The number of pyridine rings is 1.